The maximum absolute atomic E-state index is 14.2. The van der Waals surface area contributed by atoms with Crippen molar-refractivity contribution in [3.63, 3.8) is 0 Å². The van der Waals surface area contributed by atoms with Crippen LogP contribution in [0.4, 0.5) is 8.78 Å². The highest BCUT2D eigenvalue weighted by molar-refractivity contribution is 7.89. The van der Waals surface area contributed by atoms with Gasteiger partial charge >= 0.3 is 0 Å². The van der Waals surface area contributed by atoms with E-state index in [-0.39, 0.29) is 17.0 Å². The zero-order chi connectivity index (χ0) is 27.2. The Morgan fingerprint density at radius 1 is 1.03 bits per heavy atom. The van der Waals surface area contributed by atoms with E-state index in [9.17, 15) is 32.0 Å². The lowest BCUT2D eigenvalue weighted by molar-refractivity contribution is -0.125. The SMILES string of the molecule is C[C@@H](C(=O)N[C@H](C#N)CC(N)=O)N(Cc1ccc(-c2cccc(F)c2F)cc1)S(=O)(=O)c1ccccc1. The van der Waals surface area contributed by atoms with Crippen LogP contribution in [-0.2, 0) is 26.2 Å². The maximum Gasteiger partial charge on any atom is 0.244 e. The summed E-state index contributed by atoms with van der Waals surface area (Å²) in [7, 11) is -4.20. The molecule has 2 amide bonds. The van der Waals surface area contributed by atoms with Crippen molar-refractivity contribution in [2.45, 2.75) is 36.9 Å². The number of halogens is 2. The first-order chi connectivity index (χ1) is 17.5. The second kappa shape index (κ2) is 11.7. The minimum atomic E-state index is -4.20. The lowest BCUT2D eigenvalue weighted by Gasteiger charge is -2.28. The number of nitrogens with one attached hydrogen (secondary N) is 1. The predicted octanol–water partition coefficient (Wildman–Crippen LogP) is 3.09. The summed E-state index contributed by atoms with van der Waals surface area (Å²) in [5, 5.41) is 11.6. The average Bonchev–Trinajstić information content (AvgIpc) is 2.88. The van der Waals surface area contributed by atoms with Crippen molar-refractivity contribution < 1.29 is 26.8 Å². The zero-order valence-corrected chi connectivity index (χ0v) is 20.6. The van der Waals surface area contributed by atoms with Crippen molar-refractivity contribution in [2.24, 2.45) is 5.73 Å². The molecule has 0 aliphatic carbocycles. The molecule has 37 heavy (non-hydrogen) atoms. The van der Waals surface area contributed by atoms with E-state index in [1.807, 2.05) is 0 Å². The molecule has 192 valence electrons. The van der Waals surface area contributed by atoms with Crippen LogP contribution in [0.3, 0.4) is 0 Å². The van der Waals surface area contributed by atoms with Gasteiger partial charge in [-0.2, -0.15) is 9.57 Å². The summed E-state index contributed by atoms with van der Waals surface area (Å²) in [6.45, 7) is 1.11. The van der Waals surface area contributed by atoms with Crippen LogP contribution in [0.15, 0.2) is 77.7 Å². The fraction of sp³-hybridized carbons (Fsp3) is 0.192. The van der Waals surface area contributed by atoms with Gasteiger partial charge in [-0.25, -0.2) is 17.2 Å². The second-order valence-corrected chi connectivity index (χ2v) is 10.1. The van der Waals surface area contributed by atoms with E-state index in [2.05, 4.69) is 5.32 Å². The van der Waals surface area contributed by atoms with E-state index in [0.29, 0.717) is 11.1 Å². The van der Waals surface area contributed by atoms with Crippen LogP contribution in [0.5, 0.6) is 0 Å². The Balaban J connectivity index is 1.93. The predicted molar refractivity (Wildman–Crippen MR) is 132 cm³/mol. The summed E-state index contributed by atoms with van der Waals surface area (Å²) in [6.07, 6.45) is -0.432. The third kappa shape index (κ3) is 6.55. The molecule has 3 rings (SSSR count). The Labute approximate surface area is 213 Å². The standard InChI is InChI=1S/C26H24F2N4O4S/c1-17(26(34)31-20(15-29)14-24(30)33)32(37(35,36)21-6-3-2-4-7-21)16-18-10-12-19(13-11-18)22-8-5-9-23(27)25(22)28/h2-13,17,20H,14,16H2,1H3,(H2,30,33)(H,31,34)/t17-,20-/m0/s1. The summed E-state index contributed by atoms with van der Waals surface area (Å²) in [5.41, 5.74) is 6.00. The van der Waals surface area contributed by atoms with Crippen LogP contribution in [0, 0.1) is 23.0 Å². The molecule has 0 aromatic heterocycles. The second-order valence-electron chi connectivity index (χ2n) is 8.20. The van der Waals surface area contributed by atoms with Gasteiger partial charge in [0.1, 0.15) is 12.1 Å². The van der Waals surface area contributed by atoms with Crippen LogP contribution in [0.1, 0.15) is 18.9 Å². The van der Waals surface area contributed by atoms with Gasteiger partial charge < -0.3 is 11.1 Å². The van der Waals surface area contributed by atoms with Crippen molar-refractivity contribution >= 4 is 21.8 Å². The molecule has 0 heterocycles. The molecular formula is C26H24F2N4O4S. The number of hydrogen-bond donors (Lipinski definition) is 2. The number of rotatable bonds is 10. The lowest BCUT2D eigenvalue weighted by Crippen LogP contribution is -2.50. The number of amides is 2. The van der Waals surface area contributed by atoms with E-state index in [4.69, 9.17) is 5.73 Å². The number of carbonyl (C=O) groups excluding carboxylic acids is 2. The number of nitrogens with zero attached hydrogens (tertiary/aromatic N) is 2. The van der Waals surface area contributed by atoms with Crippen LogP contribution in [0.2, 0.25) is 0 Å². The Bertz CT molecular complexity index is 1430. The molecule has 0 saturated heterocycles. The van der Waals surface area contributed by atoms with E-state index >= 15 is 0 Å². The smallest absolute Gasteiger partial charge is 0.244 e. The third-order valence-corrected chi connectivity index (χ3v) is 7.52. The lowest BCUT2D eigenvalue weighted by atomic mass is 10.0. The molecule has 0 aliphatic rings. The summed E-state index contributed by atoms with van der Waals surface area (Å²) in [6, 6.07) is 16.7. The quantitative estimate of drug-likeness (QED) is 0.419. The van der Waals surface area contributed by atoms with Crippen molar-refractivity contribution in [3.8, 4) is 17.2 Å². The van der Waals surface area contributed by atoms with Crippen molar-refractivity contribution in [1.29, 1.82) is 5.26 Å². The molecule has 11 heteroatoms. The van der Waals surface area contributed by atoms with E-state index < -0.39 is 52.0 Å². The molecule has 0 saturated carbocycles. The molecular weight excluding hydrogens is 502 g/mol. The summed E-state index contributed by atoms with van der Waals surface area (Å²) < 4.78 is 55.8. The van der Waals surface area contributed by atoms with E-state index in [0.717, 1.165) is 10.4 Å². The molecule has 0 radical (unpaired) electrons. The van der Waals surface area contributed by atoms with Gasteiger partial charge in [-0.3, -0.25) is 9.59 Å². The molecule has 3 aromatic rings. The normalized spacial score (nSPS) is 12.9. The van der Waals surface area contributed by atoms with Gasteiger partial charge in [-0.15, -0.1) is 0 Å². The average molecular weight is 527 g/mol. The highest BCUT2D eigenvalue weighted by Gasteiger charge is 2.34. The van der Waals surface area contributed by atoms with Crippen molar-refractivity contribution in [1.82, 2.24) is 9.62 Å². The molecule has 0 spiro atoms. The maximum atomic E-state index is 14.2. The summed E-state index contributed by atoms with van der Waals surface area (Å²) in [4.78, 5) is 24.0. The first-order valence-corrected chi connectivity index (χ1v) is 12.6. The summed E-state index contributed by atoms with van der Waals surface area (Å²) >= 11 is 0. The van der Waals surface area contributed by atoms with Gasteiger partial charge in [-0.05, 0) is 36.2 Å². The van der Waals surface area contributed by atoms with Gasteiger partial charge in [0.05, 0.1) is 17.4 Å². The highest BCUT2D eigenvalue weighted by atomic mass is 32.2. The third-order valence-electron chi connectivity index (χ3n) is 5.59. The van der Waals surface area contributed by atoms with Gasteiger partial charge in [-0.1, -0.05) is 54.6 Å². The highest BCUT2D eigenvalue weighted by Crippen LogP contribution is 2.26. The molecule has 8 nitrogen and oxygen atoms in total. The van der Waals surface area contributed by atoms with Crippen LogP contribution in [0.25, 0.3) is 11.1 Å². The van der Waals surface area contributed by atoms with Crippen LogP contribution in [-0.4, -0.2) is 36.6 Å². The number of hydrogen-bond acceptors (Lipinski definition) is 5. The van der Waals surface area contributed by atoms with Gasteiger partial charge in [0, 0.05) is 12.1 Å². The Morgan fingerprint density at radius 2 is 1.68 bits per heavy atom. The number of benzene rings is 3. The number of primary amides is 1. The van der Waals surface area contributed by atoms with Gasteiger partial charge in [0.25, 0.3) is 0 Å². The molecule has 0 unspecified atom stereocenters. The van der Waals surface area contributed by atoms with E-state index in [1.54, 1.807) is 24.3 Å². The molecule has 0 bridgehead atoms. The molecule has 0 aliphatic heterocycles. The molecule has 3 aromatic carbocycles. The zero-order valence-electron chi connectivity index (χ0n) is 19.8. The molecule has 0 fully saturated rings. The molecule has 2 atom stereocenters. The Kier molecular flexibility index (Phi) is 8.70. The Morgan fingerprint density at radius 3 is 2.27 bits per heavy atom. The largest absolute Gasteiger partial charge is 0.370 e. The number of nitrogens with two attached hydrogens (primary N) is 1. The number of nitriles is 1. The minimum absolute atomic E-state index is 0.0463. The molecule has 3 N–H and O–H groups in total. The van der Waals surface area contributed by atoms with E-state index in [1.165, 1.54) is 55.5 Å². The summed E-state index contributed by atoms with van der Waals surface area (Å²) in [5.74, 6) is -3.60. The van der Waals surface area contributed by atoms with Gasteiger partial charge in [0.2, 0.25) is 21.8 Å². The minimum Gasteiger partial charge on any atom is -0.370 e. The van der Waals surface area contributed by atoms with Crippen molar-refractivity contribution in [3.05, 3.63) is 90.0 Å². The first kappa shape index (κ1) is 27.4. The van der Waals surface area contributed by atoms with Crippen molar-refractivity contribution in [2.75, 3.05) is 0 Å². The number of carbonyl (C=O) groups is 2. The number of sulfonamides is 1. The van der Waals surface area contributed by atoms with Crippen LogP contribution >= 0.6 is 0 Å². The van der Waals surface area contributed by atoms with Crippen LogP contribution < -0.4 is 11.1 Å². The fourth-order valence-corrected chi connectivity index (χ4v) is 5.21. The van der Waals surface area contributed by atoms with Gasteiger partial charge in [0.15, 0.2) is 11.6 Å². The Hall–Kier alpha value is -4.14. The fourth-order valence-electron chi connectivity index (χ4n) is 3.61. The first-order valence-electron chi connectivity index (χ1n) is 11.1. The monoisotopic (exact) mass is 526 g/mol. The topological polar surface area (TPSA) is 133 Å².